The molecule has 1 atom stereocenters. The van der Waals surface area contributed by atoms with Gasteiger partial charge in [-0.15, -0.1) is 0 Å². The number of hydrogen-bond acceptors (Lipinski definition) is 2. The Labute approximate surface area is 141 Å². The zero-order valence-electron chi connectivity index (χ0n) is 13.8. The fraction of sp³-hybridized carbons (Fsp3) is 0.200. The smallest absolute Gasteiger partial charge is 0.226 e. The van der Waals surface area contributed by atoms with Crippen LogP contribution in [0.1, 0.15) is 34.7 Å². The second-order valence-electron chi connectivity index (χ2n) is 6.31. The van der Waals surface area contributed by atoms with Crippen LogP contribution in [-0.2, 0) is 4.79 Å². The Balaban J connectivity index is 1.89. The van der Waals surface area contributed by atoms with E-state index >= 15 is 0 Å². The van der Waals surface area contributed by atoms with Crippen LogP contribution in [0.2, 0.25) is 0 Å². The summed E-state index contributed by atoms with van der Waals surface area (Å²) in [6, 6.07) is 18.3. The molecule has 4 heteroatoms. The fourth-order valence-corrected chi connectivity index (χ4v) is 3.47. The van der Waals surface area contributed by atoms with E-state index in [9.17, 15) is 4.79 Å². The van der Waals surface area contributed by atoms with Crippen LogP contribution in [0.4, 0.5) is 5.82 Å². The molecule has 2 heterocycles. The highest BCUT2D eigenvalue weighted by Crippen LogP contribution is 2.40. The molecule has 0 aliphatic carbocycles. The Morgan fingerprint density at radius 3 is 2.62 bits per heavy atom. The van der Waals surface area contributed by atoms with Crippen LogP contribution in [0, 0.1) is 13.8 Å². The molecule has 4 rings (SSSR count). The number of amides is 1. The molecular weight excluding hydrogens is 298 g/mol. The molecule has 2 aromatic carbocycles. The van der Waals surface area contributed by atoms with Gasteiger partial charge in [-0.1, -0.05) is 48.0 Å². The average molecular weight is 317 g/mol. The van der Waals surface area contributed by atoms with Gasteiger partial charge in [0.25, 0.3) is 0 Å². The molecule has 0 radical (unpaired) electrons. The third-order valence-electron chi connectivity index (χ3n) is 4.55. The van der Waals surface area contributed by atoms with Crippen LogP contribution >= 0.6 is 0 Å². The van der Waals surface area contributed by atoms with E-state index in [1.807, 2.05) is 48.0 Å². The summed E-state index contributed by atoms with van der Waals surface area (Å²) < 4.78 is 1.84. The van der Waals surface area contributed by atoms with E-state index in [1.165, 1.54) is 11.1 Å². The lowest BCUT2D eigenvalue weighted by atomic mass is 9.85. The van der Waals surface area contributed by atoms with Crippen LogP contribution in [0.5, 0.6) is 0 Å². The van der Waals surface area contributed by atoms with Crippen molar-refractivity contribution in [2.75, 3.05) is 5.32 Å². The maximum atomic E-state index is 12.3. The van der Waals surface area contributed by atoms with Crippen molar-refractivity contribution in [2.24, 2.45) is 0 Å². The van der Waals surface area contributed by atoms with Gasteiger partial charge in [0.15, 0.2) is 0 Å². The minimum absolute atomic E-state index is 0.0334. The predicted octanol–water partition coefficient (Wildman–Crippen LogP) is 3.96. The Morgan fingerprint density at radius 1 is 1.08 bits per heavy atom. The van der Waals surface area contributed by atoms with Gasteiger partial charge in [0.1, 0.15) is 5.82 Å². The van der Waals surface area contributed by atoms with E-state index in [0.717, 1.165) is 22.8 Å². The molecule has 0 saturated heterocycles. The molecule has 3 aromatic rings. The van der Waals surface area contributed by atoms with Crippen molar-refractivity contribution in [3.63, 3.8) is 0 Å². The normalized spacial score (nSPS) is 16.6. The topological polar surface area (TPSA) is 46.9 Å². The molecule has 4 nitrogen and oxygen atoms in total. The second-order valence-corrected chi connectivity index (χ2v) is 6.31. The monoisotopic (exact) mass is 317 g/mol. The molecular formula is C20H19N3O. The van der Waals surface area contributed by atoms with Gasteiger partial charge in [-0.2, -0.15) is 5.10 Å². The van der Waals surface area contributed by atoms with Crippen molar-refractivity contribution in [2.45, 2.75) is 26.2 Å². The molecule has 1 aliphatic heterocycles. The molecule has 120 valence electrons. The number of carbonyl (C=O) groups is 1. The average Bonchev–Trinajstić information content (AvgIpc) is 2.91. The van der Waals surface area contributed by atoms with E-state index in [2.05, 4.69) is 30.4 Å². The quantitative estimate of drug-likeness (QED) is 0.777. The molecule has 1 N–H and O–H groups in total. The Morgan fingerprint density at radius 2 is 1.88 bits per heavy atom. The third-order valence-corrected chi connectivity index (χ3v) is 4.55. The molecule has 1 aliphatic rings. The van der Waals surface area contributed by atoms with E-state index in [0.29, 0.717) is 6.42 Å². The lowest BCUT2D eigenvalue weighted by molar-refractivity contribution is -0.116. The Bertz CT molecular complexity index is 912. The highest BCUT2D eigenvalue weighted by molar-refractivity contribution is 5.95. The largest absolute Gasteiger partial charge is 0.310 e. The summed E-state index contributed by atoms with van der Waals surface area (Å²) in [5, 5.41) is 7.72. The lowest BCUT2D eigenvalue weighted by Gasteiger charge is -2.24. The van der Waals surface area contributed by atoms with E-state index in [1.54, 1.807) is 0 Å². The zero-order valence-corrected chi connectivity index (χ0v) is 13.8. The van der Waals surface area contributed by atoms with Crippen LogP contribution in [-0.4, -0.2) is 15.7 Å². The lowest BCUT2D eigenvalue weighted by Crippen LogP contribution is -2.25. The summed E-state index contributed by atoms with van der Waals surface area (Å²) in [7, 11) is 0. The fourth-order valence-electron chi connectivity index (χ4n) is 3.47. The molecule has 0 fully saturated rings. The summed E-state index contributed by atoms with van der Waals surface area (Å²) in [5.41, 5.74) is 5.39. The van der Waals surface area contributed by atoms with Crippen molar-refractivity contribution in [3.05, 3.63) is 77.0 Å². The number of rotatable bonds is 2. The summed E-state index contributed by atoms with van der Waals surface area (Å²) in [6.45, 7) is 4.09. The molecule has 0 saturated carbocycles. The van der Waals surface area contributed by atoms with Crippen molar-refractivity contribution in [1.82, 2.24) is 9.78 Å². The number of nitrogens with zero attached hydrogens (tertiary/aromatic N) is 2. The first kappa shape index (κ1) is 14.7. The molecule has 0 unspecified atom stereocenters. The maximum Gasteiger partial charge on any atom is 0.226 e. The van der Waals surface area contributed by atoms with Crippen molar-refractivity contribution in [1.29, 1.82) is 0 Å². The van der Waals surface area contributed by atoms with Gasteiger partial charge in [0.2, 0.25) is 5.91 Å². The number of carbonyl (C=O) groups excluding carboxylic acids is 1. The van der Waals surface area contributed by atoms with Gasteiger partial charge in [-0.3, -0.25) is 4.79 Å². The molecule has 1 amide bonds. The highest BCUT2D eigenvalue weighted by atomic mass is 16.1. The zero-order chi connectivity index (χ0) is 16.7. The number of benzene rings is 2. The van der Waals surface area contributed by atoms with Crippen molar-refractivity contribution >= 4 is 11.7 Å². The van der Waals surface area contributed by atoms with Crippen LogP contribution in [0.25, 0.3) is 5.69 Å². The SMILES string of the molecule is Cc1cccc([C@@H]2CC(=O)Nc3c2c(C)nn3-c2ccccc2)c1. The summed E-state index contributed by atoms with van der Waals surface area (Å²) >= 11 is 0. The van der Waals surface area contributed by atoms with E-state index in [-0.39, 0.29) is 11.8 Å². The minimum Gasteiger partial charge on any atom is -0.310 e. The first-order valence-electron chi connectivity index (χ1n) is 8.15. The van der Waals surface area contributed by atoms with Crippen LogP contribution in [0.3, 0.4) is 0 Å². The van der Waals surface area contributed by atoms with Gasteiger partial charge < -0.3 is 5.32 Å². The van der Waals surface area contributed by atoms with Crippen molar-refractivity contribution in [3.8, 4) is 5.69 Å². The van der Waals surface area contributed by atoms with Crippen LogP contribution in [0.15, 0.2) is 54.6 Å². The molecule has 24 heavy (non-hydrogen) atoms. The highest BCUT2D eigenvalue weighted by Gasteiger charge is 2.32. The van der Waals surface area contributed by atoms with E-state index < -0.39 is 0 Å². The second kappa shape index (κ2) is 5.64. The summed E-state index contributed by atoms with van der Waals surface area (Å²) in [5.74, 6) is 0.874. The van der Waals surface area contributed by atoms with E-state index in [4.69, 9.17) is 5.10 Å². The van der Waals surface area contributed by atoms with Gasteiger partial charge in [0, 0.05) is 17.9 Å². The number of aromatic nitrogens is 2. The minimum atomic E-state index is 0.0334. The third kappa shape index (κ3) is 2.40. The van der Waals surface area contributed by atoms with Gasteiger partial charge in [0.05, 0.1) is 11.4 Å². The number of nitrogens with one attached hydrogen (secondary N) is 1. The molecule has 0 bridgehead atoms. The predicted molar refractivity (Wildman–Crippen MR) is 94.6 cm³/mol. The number of hydrogen-bond donors (Lipinski definition) is 1. The standard InChI is InChI=1S/C20H19N3O/c1-13-7-6-8-15(11-13)17-12-18(24)21-20-19(17)14(2)22-23(20)16-9-4-3-5-10-16/h3-11,17H,12H2,1-2H3,(H,21,24)/t17-/m0/s1. The van der Waals surface area contributed by atoms with Gasteiger partial charge in [-0.25, -0.2) is 4.68 Å². The Kier molecular flexibility index (Phi) is 3.45. The number of fused-ring (bicyclic) bond motifs is 1. The van der Waals surface area contributed by atoms with Gasteiger partial charge in [-0.05, 0) is 31.5 Å². The van der Waals surface area contributed by atoms with Crippen molar-refractivity contribution < 1.29 is 4.79 Å². The molecule has 0 spiro atoms. The van der Waals surface area contributed by atoms with Crippen LogP contribution < -0.4 is 5.32 Å². The first-order chi connectivity index (χ1) is 11.6. The number of aryl methyl sites for hydroxylation is 2. The summed E-state index contributed by atoms with van der Waals surface area (Å²) in [6.07, 6.45) is 0.456. The number of para-hydroxylation sites is 1. The molecule has 1 aromatic heterocycles. The number of anilines is 1. The van der Waals surface area contributed by atoms with Gasteiger partial charge >= 0.3 is 0 Å². The first-order valence-corrected chi connectivity index (χ1v) is 8.15. The summed E-state index contributed by atoms with van der Waals surface area (Å²) in [4.78, 5) is 12.3. The maximum absolute atomic E-state index is 12.3. The Hall–Kier alpha value is -2.88.